The molecule has 6 heteroatoms. The molecule has 1 aliphatic heterocycles. The van der Waals surface area contributed by atoms with E-state index in [1.54, 1.807) is 23.1 Å². The minimum atomic E-state index is -0.143. The molecule has 2 aromatic rings. The lowest BCUT2D eigenvalue weighted by Crippen LogP contribution is -2.31. The fourth-order valence-corrected chi connectivity index (χ4v) is 2.60. The predicted molar refractivity (Wildman–Crippen MR) is 95.0 cm³/mol. The van der Waals surface area contributed by atoms with Crippen LogP contribution in [0.4, 0.5) is 11.4 Å². The van der Waals surface area contributed by atoms with E-state index < -0.39 is 0 Å². The molecule has 0 aromatic heterocycles. The van der Waals surface area contributed by atoms with E-state index in [-0.39, 0.29) is 31.6 Å². The van der Waals surface area contributed by atoms with Crippen molar-refractivity contribution in [2.24, 2.45) is 0 Å². The van der Waals surface area contributed by atoms with Crippen molar-refractivity contribution in [3.05, 3.63) is 48.0 Å². The lowest BCUT2D eigenvalue weighted by molar-refractivity contribution is -0.117. The van der Waals surface area contributed by atoms with Crippen LogP contribution >= 0.6 is 0 Å². The number of hydrogen-bond acceptors (Lipinski definition) is 4. The first-order chi connectivity index (χ1) is 12.0. The second-order valence-electron chi connectivity index (χ2n) is 5.87. The molecule has 0 aliphatic carbocycles. The van der Waals surface area contributed by atoms with E-state index in [0.29, 0.717) is 17.2 Å². The molecule has 0 unspecified atom stereocenters. The van der Waals surface area contributed by atoms with Gasteiger partial charge in [-0.05, 0) is 31.2 Å². The summed E-state index contributed by atoms with van der Waals surface area (Å²) in [5, 5.41) is 2.83. The van der Waals surface area contributed by atoms with Gasteiger partial charge in [-0.2, -0.15) is 0 Å². The molecule has 1 N–H and O–H groups in total. The number of amides is 2. The fraction of sp³-hybridized carbons (Fsp3) is 0.263. The van der Waals surface area contributed by atoms with Gasteiger partial charge in [0.15, 0.2) is 11.5 Å². The number of hydrogen-bond donors (Lipinski definition) is 1. The molecule has 1 aliphatic rings. The first-order valence-electron chi connectivity index (χ1n) is 8.07. The highest BCUT2D eigenvalue weighted by molar-refractivity contribution is 5.95. The van der Waals surface area contributed by atoms with E-state index in [0.717, 1.165) is 11.3 Å². The summed E-state index contributed by atoms with van der Waals surface area (Å²) in [7, 11) is 0. The van der Waals surface area contributed by atoms with E-state index in [1.165, 1.54) is 6.92 Å². The highest BCUT2D eigenvalue weighted by atomic mass is 16.7. The molecule has 6 nitrogen and oxygen atoms in total. The Morgan fingerprint density at radius 3 is 2.52 bits per heavy atom. The molecule has 130 valence electrons. The summed E-state index contributed by atoms with van der Waals surface area (Å²) < 4.78 is 10.6. The highest BCUT2D eigenvalue weighted by Crippen LogP contribution is 2.35. The molecule has 0 spiro atoms. The van der Waals surface area contributed by atoms with Gasteiger partial charge >= 0.3 is 0 Å². The molecule has 0 bridgehead atoms. The maximum absolute atomic E-state index is 12.1. The first kappa shape index (κ1) is 16.8. The third-order valence-corrected chi connectivity index (χ3v) is 3.95. The number of fused-ring (bicyclic) bond motifs is 1. The summed E-state index contributed by atoms with van der Waals surface area (Å²) >= 11 is 0. The van der Waals surface area contributed by atoms with Crippen LogP contribution in [0.2, 0.25) is 0 Å². The van der Waals surface area contributed by atoms with Crippen molar-refractivity contribution in [1.82, 2.24) is 0 Å². The Hall–Kier alpha value is -3.02. The maximum atomic E-state index is 12.1. The van der Waals surface area contributed by atoms with Crippen LogP contribution in [0.1, 0.15) is 18.9 Å². The van der Waals surface area contributed by atoms with Gasteiger partial charge in [0.2, 0.25) is 18.6 Å². The molecule has 0 atom stereocenters. The van der Waals surface area contributed by atoms with Gasteiger partial charge in [-0.15, -0.1) is 0 Å². The topological polar surface area (TPSA) is 67.9 Å². The van der Waals surface area contributed by atoms with E-state index in [1.807, 2.05) is 31.2 Å². The quantitative estimate of drug-likeness (QED) is 0.908. The van der Waals surface area contributed by atoms with Gasteiger partial charge < -0.3 is 19.7 Å². The van der Waals surface area contributed by atoms with Crippen LogP contribution in [0.5, 0.6) is 11.5 Å². The molecular formula is C19H20N2O4. The zero-order valence-electron chi connectivity index (χ0n) is 14.2. The van der Waals surface area contributed by atoms with Crippen molar-refractivity contribution < 1.29 is 19.1 Å². The maximum Gasteiger partial charge on any atom is 0.231 e. The number of benzene rings is 2. The summed E-state index contributed by atoms with van der Waals surface area (Å²) in [6, 6.07) is 12.9. The molecule has 2 aromatic carbocycles. The third kappa shape index (κ3) is 4.09. The van der Waals surface area contributed by atoms with Gasteiger partial charge in [-0.3, -0.25) is 9.59 Å². The minimum Gasteiger partial charge on any atom is -0.454 e. The molecule has 0 saturated carbocycles. The third-order valence-electron chi connectivity index (χ3n) is 3.95. The second-order valence-corrected chi connectivity index (χ2v) is 5.87. The van der Waals surface area contributed by atoms with Gasteiger partial charge in [-0.1, -0.05) is 17.7 Å². The van der Waals surface area contributed by atoms with Gasteiger partial charge in [0.1, 0.15) is 0 Å². The Balaban J connectivity index is 1.63. The Bertz CT molecular complexity index is 787. The number of carbonyl (C=O) groups excluding carboxylic acids is 2. The zero-order valence-corrected chi connectivity index (χ0v) is 14.2. The smallest absolute Gasteiger partial charge is 0.231 e. The average molecular weight is 340 g/mol. The summed E-state index contributed by atoms with van der Waals surface area (Å²) in [6.45, 7) is 3.93. The number of nitrogens with zero attached hydrogens (tertiary/aromatic N) is 1. The summed E-state index contributed by atoms with van der Waals surface area (Å²) in [5.41, 5.74) is 2.55. The number of carbonyl (C=O) groups is 2. The van der Waals surface area contributed by atoms with Gasteiger partial charge in [0.25, 0.3) is 0 Å². The highest BCUT2D eigenvalue weighted by Gasteiger charge is 2.18. The second kappa shape index (κ2) is 7.25. The average Bonchev–Trinajstić information content (AvgIpc) is 3.04. The van der Waals surface area contributed by atoms with Gasteiger partial charge in [0.05, 0.1) is 0 Å². The molecule has 25 heavy (non-hydrogen) atoms. The summed E-state index contributed by atoms with van der Waals surface area (Å²) in [6.07, 6.45) is 0.196. The monoisotopic (exact) mass is 340 g/mol. The summed E-state index contributed by atoms with van der Waals surface area (Å²) in [4.78, 5) is 25.7. The Morgan fingerprint density at radius 1 is 1.08 bits per heavy atom. The van der Waals surface area contributed by atoms with Crippen molar-refractivity contribution in [2.75, 3.05) is 23.6 Å². The van der Waals surface area contributed by atoms with Crippen LogP contribution in [0.3, 0.4) is 0 Å². The Kier molecular flexibility index (Phi) is 4.88. The number of rotatable bonds is 5. The Morgan fingerprint density at radius 2 is 1.80 bits per heavy atom. The number of ether oxygens (including phenoxy) is 2. The van der Waals surface area contributed by atoms with Crippen molar-refractivity contribution >= 4 is 23.2 Å². The van der Waals surface area contributed by atoms with Crippen molar-refractivity contribution in [2.45, 2.75) is 20.3 Å². The van der Waals surface area contributed by atoms with E-state index in [2.05, 4.69) is 5.32 Å². The van der Waals surface area contributed by atoms with Crippen molar-refractivity contribution in [1.29, 1.82) is 0 Å². The van der Waals surface area contributed by atoms with E-state index >= 15 is 0 Å². The van der Waals surface area contributed by atoms with Crippen LogP contribution < -0.4 is 19.7 Å². The normalized spacial score (nSPS) is 11.9. The van der Waals surface area contributed by atoms with E-state index in [4.69, 9.17) is 9.47 Å². The van der Waals surface area contributed by atoms with Crippen molar-refractivity contribution in [3.63, 3.8) is 0 Å². The molecule has 0 saturated heterocycles. The zero-order chi connectivity index (χ0) is 17.8. The van der Waals surface area contributed by atoms with Crippen LogP contribution in [0, 0.1) is 6.92 Å². The SMILES string of the molecule is CC(=O)N(CCC(=O)Nc1ccc(C)cc1)c1ccc2c(c1)OCO2. The number of aryl methyl sites for hydroxylation is 1. The largest absolute Gasteiger partial charge is 0.454 e. The van der Waals surface area contributed by atoms with Crippen LogP contribution in [-0.4, -0.2) is 25.2 Å². The molecule has 0 fully saturated rings. The molecule has 0 radical (unpaired) electrons. The molecule has 1 heterocycles. The summed E-state index contributed by atoms with van der Waals surface area (Å²) in [5.74, 6) is 0.982. The lowest BCUT2D eigenvalue weighted by atomic mass is 10.2. The fourth-order valence-electron chi connectivity index (χ4n) is 2.60. The van der Waals surface area contributed by atoms with Crippen LogP contribution in [0.15, 0.2) is 42.5 Å². The van der Waals surface area contributed by atoms with E-state index in [9.17, 15) is 9.59 Å². The molecule has 3 rings (SSSR count). The predicted octanol–water partition coefficient (Wildman–Crippen LogP) is 3.11. The lowest BCUT2D eigenvalue weighted by Gasteiger charge is -2.21. The van der Waals surface area contributed by atoms with Gasteiger partial charge in [-0.25, -0.2) is 0 Å². The number of anilines is 2. The standard InChI is InChI=1S/C19H20N2O4/c1-13-3-5-15(6-4-13)20-19(23)9-10-21(14(2)22)16-7-8-17-18(11-16)25-12-24-17/h3-8,11H,9-10,12H2,1-2H3,(H,20,23). The van der Waals surface area contributed by atoms with Gasteiger partial charge in [0, 0.05) is 37.3 Å². The minimum absolute atomic E-state index is 0.137. The molecular weight excluding hydrogens is 320 g/mol. The first-order valence-corrected chi connectivity index (χ1v) is 8.07. The van der Waals surface area contributed by atoms with Crippen LogP contribution in [0.25, 0.3) is 0 Å². The molecule has 2 amide bonds. The van der Waals surface area contributed by atoms with Crippen molar-refractivity contribution in [3.8, 4) is 11.5 Å². The number of nitrogens with one attached hydrogen (secondary N) is 1. The van der Waals surface area contributed by atoms with Crippen LogP contribution in [-0.2, 0) is 9.59 Å². The Labute approximate surface area is 146 Å².